The first-order chi connectivity index (χ1) is 10.7. The summed E-state index contributed by atoms with van der Waals surface area (Å²) in [7, 11) is 0. The molecule has 3 fully saturated rings. The van der Waals surface area contributed by atoms with Crippen LogP contribution in [0.5, 0.6) is 0 Å². The predicted molar refractivity (Wildman–Crippen MR) is 82.9 cm³/mol. The number of fused-ring (bicyclic) bond motifs is 2. The molecular weight excluding hydrogens is 280 g/mol. The van der Waals surface area contributed by atoms with Crippen LogP contribution in [0.3, 0.4) is 0 Å². The highest BCUT2D eigenvalue weighted by Gasteiger charge is 2.64. The van der Waals surface area contributed by atoms with Crippen LogP contribution in [0.2, 0.25) is 0 Å². The quantitative estimate of drug-likeness (QED) is 0.603. The molecule has 0 radical (unpaired) electrons. The van der Waals surface area contributed by atoms with Gasteiger partial charge in [-0.1, -0.05) is 38.0 Å². The summed E-state index contributed by atoms with van der Waals surface area (Å²) in [4.78, 5) is 0. The van der Waals surface area contributed by atoms with Crippen molar-refractivity contribution in [1.29, 1.82) is 0 Å². The Hall–Kier alpha value is -0.600. The fourth-order valence-corrected chi connectivity index (χ4v) is 4.25. The van der Waals surface area contributed by atoms with E-state index in [-0.39, 0.29) is 11.8 Å². The van der Waals surface area contributed by atoms with Gasteiger partial charge in [0, 0.05) is 18.3 Å². The SMILES string of the molecule is CCCCCCC(O)C#CC1C(O)CC2C1CC21OCCO1. The molecule has 3 aliphatic rings. The van der Waals surface area contributed by atoms with Gasteiger partial charge in [-0.25, -0.2) is 0 Å². The Morgan fingerprint density at radius 2 is 2.00 bits per heavy atom. The molecule has 3 rings (SSSR count). The summed E-state index contributed by atoms with van der Waals surface area (Å²) in [6.45, 7) is 3.50. The second-order valence-electron chi connectivity index (χ2n) is 6.97. The van der Waals surface area contributed by atoms with Crippen LogP contribution >= 0.6 is 0 Å². The van der Waals surface area contributed by atoms with Crippen molar-refractivity contribution in [1.82, 2.24) is 0 Å². The number of unbranched alkanes of at least 4 members (excludes halogenated alkanes) is 3. The minimum absolute atomic E-state index is 0.0336. The average Bonchev–Trinajstić information content (AvgIpc) is 3.08. The summed E-state index contributed by atoms with van der Waals surface area (Å²) in [5.74, 6) is 6.27. The van der Waals surface area contributed by atoms with Gasteiger partial charge in [-0.3, -0.25) is 0 Å². The first kappa shape index (κ1) is 16.3. The van der Waals surface area contributed by atoms with E-state index in [1.54, 1.807) is 0 Å². The highest BCUT2D eigenvalue weighted by atomic mass is 16.7. The zero-order valence-electron chi connectivity index (χ0n) is 13.5. The number of aliphatic hydroxyl groups is 2. The van der Waals surface area contributed by atoms with Crippen LogP contribution in [0.4, 0.5) is 0 Å². The van der Waals surface area contributed by atoms with Crippen molar-refractivity contribution in [2.75, 3.05) is 13.2 Å². The molecular formula is C18H28O4. The molecule has 1 spiro atoms. The lowest BCUT2D eigenvalue weighted by Crippen LogP contribution is -2.53. The Bertz CT molecular complexity index is 432. The summed E-state index contributed by atoms with van der Waals surface area (Å²) < 4.78 is 11.5. The summed E-state index contributed by atoms with van der Waals surface area (Å²) in [5.41, 5.74) is 0. The Morgan fingerprint density at radius 3 is 2.73 bits per heavy atom. The Morgan fingerprint density at radius 1 is 1.23 bits per heavy atom. The molecule has 0 aromatic heterocycles. The molecule has 2 saturated carbocycles. The molecule has 0 aromatic carbocycles. The van der Waals surface area contributed by atoms with Crippen molar-refractivity contribution >= 4 is 0 Å². The van der Waals surface area contributed by atoms with Crippen LogP contribution < -0.4 is 0 Å². The fourth-order valence-electron chi connectivity index (χ4n) is 4.25. The molecule has 4 nitrogen and oxygen atoms in total. The van der Waals surface area contributed by atoms with Gasteiger partial charge in [-0.2, -0.15) is 0 Å². The Labute approximate surface area is 133 Å². The predicted octanol–water partition coefficient (Wildman–Crippen LogP) is 2.08. The van der Waals surface area contributed by atoms with E-state index in [1.807, 2.05) is 0 Å². The normalized spacial score (nSPS) is 36.5. The minimum atomic E-state index is -0.559. The van der Waals surface area contributed by atoms with Gasteiger partial charge in [0.1, 0.15) is 6.10 Å². The van der Waals surface area contributed by atoms with Crippen LogP contribution in [-0.2, 0) is 9.47 Å². The lowest BCUT2D eigenvalue weighted by Gasteiger charge is -2.48. The van der Waals surface area contributed by atoms with Gasteiger partial charge in [0.15, 0.2) is 5.79 Å². The zero-order chi connectivity index (χ0) is 15.6. The van der Waals surface area contributed by atoms with Crippen LogP contribution in [0.25, 0.3) is 0 Å². The summed E-state index contributed by atoms with van der Waals surface area (Å²) in [6.07, 6.45) is 5.89. The molecule has 2 aliphatic carbocycles. The Balaban J connectivity index is 1.50. The van der Waals surface area contributed by atoms with Crippen molar-refractivity contribution in [2.45, 2.75) is 69.9 Å². The van der Waals surface area contributed by atoms with E-state index in [9.17, 15) is 10.2 Å². The Kier molecular flexibility index (Phi) is 5.09. The largest absolute Gasteiger partial charge is 0.392 e. The van der Waals surface area contributed by atoms with E-state index in [2.05, 4.69) is 18.8 Å². The fraction of sp³-hybridized carbons (Fsp3) is 0.889. The molecule has 5 atom stereocenters. The molecule has 4 heteroatoms. The van der Waals surface area contributed by atoms with E-state index in [0.717, 1.165) is 25.7 Å². The van der Waals surface area contributed by atoms with E-state index < -0.39 is 18.0 Å². The highest BCUT2D eigenvalue weighted by molar-refractivity contribution is 5.19. The molecule has 1 heterocycles. The van der Waals surface area contributed by atoms with Gasteiger partial charge in [-0.05, 0) is 25.2 Å². The van der Waals surface area contributed by atoms with Crippen molar-refractivity contribution in [3.05, 3.63) is 0 Å². The number of hydrogen-bond donors (Lipinski definition) is 2. The first-order valence-electron chi connectivity index (χ1n) is 8.81. The monoisotopic (exact) mass is 308 g/mol. The molecule has 0 amide bonds. The van der Waals surface area contributed by atoms with Crippen molar-refractivity contribution in [3.63, 3.8) is 0 Å². The molecule has 22 heavy (non-hydrogen) atoms. The second-order valence-corrected chi connectivity index (χ2v) is 6.97. The lowest BCUT2D eigenvalue weighted by molar-refractivity contribution is -0.270. The third-order valence-corrected chi connectivity index (χ3v) is 5.50. The van der Waals surface area contributed by atoms with Crippen LogP contribution in [-0.4, -0.2) is 41.4 Å². The smallest absolute Gasteiger partial charge is 0.172 e. The summed E-state index contributed by atoms with van der Waals surface area (Å²) in [6, 6.07) is 0. The standard InChI is InChI=1S/C18H28O4/c1-2-3-4-5-6-13(19)7-8-14-15-12-18(21-9-10-22-18)16(15)11-17(14)20/h13-17,19-20H,2-6,9-12H2,1H3. The highest BCUT2D eigenvalue weighted by Crippen LogP contribution is 2.59. The van der Waals surface area contributed by atoms with E-state index in [1.165, 1.54) is 12.8 Å². The third kappa shape index (κ3) is 3.05. The number of hydrogen-bond acceptors (Lipinski definition) is 4. The maximum absolute atomic E-state index is 10.3. The number of ether oxygens (including phenoxy) is 2. The van der Waals surface area contributed by atoms with E-state index >= 15 is 0 Å². The molecule has 5 unspecified atom stereocenters. The van der Waals surface area contributed by atoms with Crippen molar-refractivity contribution in [2.24, 2.45) is 17.8 Å². The second kappa shape index (κ2) is 6.88. The molecule has 124 valence electrons. The van der Waals surface area contributed by atoms with Gasteiger partial charge in [-0.15, -0.1) is 0 Å². The van der Waals surface area contributed by atoms with Crippen LogP contribution in [0.15, 0.2) is 0 Å². The van der Waals surface area contributed by atoms with Gasteiger partial charge in [0.05, 0.1) is 19.3 Å². The topological polar surface area (TPSA) is 58.9 Å². The average molecular weight is 308 g/mol. The number of rotatable bonds is 5. The summed E-state index contributed by atoms with van der Waals surface area (Å²) >= 11 is 0. The van der Waals surface area contributed by atoms with Crippen molar-refractivity contribution < 1.29 is 19.7 Å². The molecule has 0 aromatic rings. The van der Waals surface area contributed by atoms with Crippen LogP contribution in [0.1, 0.15) is 51.9 Å². The lowest BCUT2D eigenvalue weighted by atomic mass is 9.67. The number of aliphatic hydroxyl groups excluding tert-OH is 2. The van der Waals surface area contributed by atoms with Gasteiger partial charge >= 0.3 is 0 Å². The van der Waals surface area contributed by atoms with Gasteiger partial charge in [0.25, 0.3) is 0 Å². The van der Waals surface area contributed by atoms with Gasteiger partial charge in [0.2, 0.25) is 0 Å². The third-order valence-electron chi connectivity index (χ3n) is 5.50. The molecule has 1 saturated heterocycles. The van der Waals surface area contributed by atoms with E-state index in [0.29, 0.717) is 25.6 Å². The molecule has 1 aliphatic heterocycles. The van der Waals surface area contributed by atoms with Gasteiger partial charge < -0.3 is 19.7 Å². The minimum Gasteiger partial charge on any atom is -0.392 e. The maximum Gasteiger partial charge on any atom is 0.172 e. The summed E-state index contributed by atoms with van der Waals surface area (Å²) in [5, 5.41) is 20.2. The van der Waals surface area contributed by atoms with Crippen LogP contribution in [0, 0.1) is 29.6 Å². The molecule has 2 N–H and O–H groups in total. The first-order valence-corrected chi connectivity index (χ1v) is 8.81. The zero-order valence-corrected chi connectivity index (χ0v) is 13.5. The van der Waals surface area contributed by atoms with E-state index in [4.69, 9.17) is 9.47 Å². The maximum atomic E-state index is 10.3. The van der Waals surface area contributed by atoms with Crippen molar-refractivity contribution in [3.8, 4) is 11.8 Å². The molecule has 0 bridgehead atoms.